The highest BCUT2D eigenvalue weighted by Gasteiger charge is 2.13. The zero-order valence-corrected chi connectivity index (χ0v) is 11.3. The Hall–Kier alpha value is -1.03. The van der Waals surface area contributed by atoms with Gasteiger partial charge in [0.1, 0.15) is 0 Å². The number of rotatable bonds is 2. The summed E-state index contributed by atoms with van der Waals surface area (Å²) in [5, 5.41) is 5.41. The fourth-order valence-corrected chi connectivity index (χ4v) is 2.55. The zero-order valence-electron chi connectivity index (χ0n) is 8.96. The van der Waals surface area contributed by atoms with Crippen molar-refractivity contribution >= 4 is 46.1 Å². The number of carbonyl (C=O) groups is 1. The fourth-order valence-electron chi connectivity index (χ4n) is 1.38. The summed E-state index contributed by atoms with van der Waals surface area (Å²) in [6.07, 6.45) is 0. The van der Waals surface area contributed by atoms with Gasteiger partial charge in [0.2, 0.25) is 0 Å². The van der Waals surface area contributed by atoms with Gasteiger partial charge in [-0.2, -0.15) is 0 Å². The molecule has 0 spiro atoms. The van der Waals surface area contributed by atoms with Crippen molar-refractivity contribution in [3.63, 3.8) is 0 Å². The molecule has 0 atom stereocenters. The third-order valence-corrected chi connectivity index (χ3v) is 4.10. The molecule has 88 valence electrons. The summed E-state index contributed by atoms with van der Waals surface area (Å²) in [6.45, 7) is 1.89. The highest BCUT2D eigenvalue weighted by molar-refractivity contribution is 7.12. The van der Waals surface area contributed by atoms with Crippen molar-refractivity contribution in [2.75, 3.05) is 5.32 Å². The Balaban J connectivity index is 2.25. The van der Waals surface area contributed by atoms with Crippen molar-refractivity contribution in [2.24, 2.45) is 0 Å². The first kappa shape index (κ1) is 12.4. The third-order valence-electron chi connectivity index (χ3n) is 2.27. The molecule has 0 bridgehead atoms. The molecule has 17 heavy (non-hydrogen) atoms. The van der Waals surface area contributed by atoms with Crippen molar-refractivity contribution in [1.82, 2.24) is 0 Å². The smallest absolute Gasteiger partial charge is 0.266 e. The van der Waals surface area contributed by atoms with Crippen LogP contribution in [0, 0.1) is 6.92 Å². The van der Waals surface area contributed by atoms with Gasteiger partial charge >= 0.3 is 0 Å². The first-order valence-electron chi connectivity index (χ1n) is 4.89. The van der Waals surface area contributed by atoms with Crippen LogP contribution in [0.3, 0.4) is 0 Å². The summed E-state index contributed by atoms with van der Waals surface area (Å²) in [7, 11) is 0. The van der Waals surface area contributed by atoms with E-state index >= 15 is 0 Å². The third kappa shape index (κ3) is 2.63. The molecule has 0 saturated carbocycles. The molecule has 0 saturated heterocycles. The molecule has 1 N–H and O–H groups in total. The molecule has 2 aromatic rings. The molecular formula is C12H9Cl2NOS. The van der Waals surface area contributed by atoms with Gasteiger partial charge in [-0.15, -0.1) is 11.3 Å². The van der Waals surface area contributed by atoms with Crippen molar-refractivity contribution in [3.8, 4) is 0 Å². The molecule has 0 radical (unpaired) electrons. The van der Waals surface area contributed by atoms with E-state index in [1.165, 1.54) is 11.3 Å². The standard InChI is InChI=1S/C12H9Cl2NOS/c1-7-5-6-17-11(7)12(16)15-9-4-2-3-8(13)10(9)14/h2-6H,1H3,(H,15,16). The summed E-state index contributed by atoms with van der Waals surface area (Å²) in [5.41, 5.74) is 1.47. The fraction of sp³-hybridized carbons (Fsp3) is 0.0833. The second-order valence-corrected chi connectivity index (χ2v) is 5.19. The average Bonchev–Trinajstić information content (AvgIpc) is 2.71. The van der Waals surface area contributed by atoms with E-state index in [0.717, 1.165) is 5.56 Å². The van der Waals surface area contributed by atoms with Crippen LogP contribution in [0.4, 0.5) is 5.69 Å². The number of hydrogen-bond donors (Lipinski definition) is 1. The Bertz CT molecular complexity index is 565. The lowest BCUT2D eigenvalue weighted by Crippen LogP contribution is -2.11. The van der Waals surface area contributed by atoms with E-state index < -0.39 is 0 Å². The summed E-state index contributed by atoms with van der Waals surface area (Å²) in [4.78, 5) is 12.6. The van der Waals surface area contributed by atoms with Gasteiger partial charge in [0, 0.05) is 0 Å². The van der Waals surface area contributed by atoms with E-state index in [1.54, 1.807) is 18.2 Å². The SMILES string of the molecule is Cc1ccsc1C(=O)Nc1cccc(Cl)c1Cl. The van der Waals surface area contributed by atoms with Gasteiger partial charge in [0.25, 0.3) is 5.91 Å². The summed E-state index contributed by atoms with van der Waals surface area (Å²) in [5.74, 6) is -0.165. The number of hydrogen-bond acceptors (Lipinski definition) is 2. The van der Waals surface area contributed by atoms with Crippen LogP contribution in [0.5, 0.6) is 0 Å². The largest absolute Gasteiger partial charge is 0.320 e. The molecule has 0 fully saturated rings. The van der Waals surface area contributed by atoms with Gasteiger partial charge in [-0.1, -0.05) is 29.3 Å². The number of aryl methyl sites for hydroxylation is 1. The Morgan fingerprint density at radius 3 is 2.71 bits per heavy atom. The average molecular weight is 286 g/mol. The zero-order chi connectivity index (χ0) is 12.4. The summed E-state index contributed by atoms with van der Waals surface area (Å²) < 4.78 is 0. The molecule has 2 rings (SSSR count). The molecule has 2 nitrogen and oxygen atoms in total. The first-order chi connectivity index (χ1) is 8.09. The Labute approximate surface area is 113 Å². The molecule has 5 heteroatoms. The predicted octanol–water partition coefficient (Wildman–Crippen LogP) is 4.62. The Morgan fingerprint density at radius 2 is 2.06 bits per heavy atom. The molecule has 1 aromatic carbocycles. The lowest BCUT2D eigenvalue weighted by atomic mass is 10.2. The summed E-state index contributed by atoms with van der Waals surface area (Å²) in [6, 6.07) is 7.04. The highest BCUT2D eigenvalue weighted by Crippen LogP contribution is 2.30. The summed E-state index contributed by atoms with van der Waals surface area (Å²) >= 11 is 13.3. The van der Waals surface area contributed by atoms with Crippen LogP contribution < -0.4 is 5.32 Å². The van der Waals surface area contributed by atoms with E-state index in [-0.39, 0.29) is 5.91 Å². The number of thiophene rings is 1. The normalized spacial score (nSPS) is 10.3. The van der Waals surface area contributed by atoms with E-state index in [9.17, 15) is 4.79 Å². The molecular weight excluding hydrogens is 277 g/mol. The van der Waals surface area contributed by atoms with E-state index in [0.29, 0.717) is 20.6 Å². The lowest BCUT2D eigenvalue weighted by molar-refractivity contribution is 0.103. The lowest BCUT2D eigenvalue weighted by Gasteiger charge is -2.07. The number of carbonyl (C=O) groups excluding carboxylic acids is 1. The van der Waals surface area contributed by atoms with Gasteiger partial charge in [0.05, 0.1) is 20.6 Å². The maximum absolute atomic E-state index is 12.0. The monoisotopic (exact) mass is 285 g/mol. The van der Waals surface area contributed by atoms with Crippen molar-refractivity contribution in [1.29, 1.82) is 0 Å². The second kappa shape index (κ2) is 5.08. The van der Waals surface area contributed by atoms with Crippen LogP contribution in [-0.2, 0) is 0 Å². The van der Waals surface area contributed by atoms with Crippen LogP contribution in [0.2, 0.25) is 10.0 Å². The number of anilines is 1. The van der Waals surface area contributed by atoms with Crippen LogP contribution in [0.1, 0.15) is 15.2 Å². The van der Waals surface area contributed by atoms with Crippen LogP contribution in [0.15, 0.2) is 29.6 Å². The van der Waals surface area contributed by atoms with E-state index in [2.05, 4.69) is 5.32 Å². The van der Waals surface area contributed by atoms with Crippen LogP contribution >= 0.6 is 34.5 Å². The minimum Gasteiger partial charge on any atom is -0.320 e. The number of amides is 1. The first-order valence-corrected chi connectivity index (χ1v) is 6.52. The maximum Gasteiger partial charge on any atom is 0.266 e. The van der Waals surface area contributed by atoms with Gasteiger partial charge in [-0.25, -0.2) is 0 Å². The quantitative estimate of drug-likeness (QED) is 0.857. The topological polar surface area (TPSA) is 29.1 Å². The van der Waals surface area contributed by atoms with E-state index in [4.69, 9.17) is 23.2 Å². The molecule has 1 heterocycles. The minimum absolute atomic E-state index is 0.165. The van der Waals surface area contributed by atoms with Crippen LogP contribution in [0.25, 0.3) is 0 Å². The second-order valence-electron chi connectivity index (χ2n) is 3.49. The van der Waals surface area contributed by atoms with Gasteiger partial charge in [-0.05, 0) is 36.1 Å². The Kier molecular flexibility index (Phi) is 3.72. The van der Waals surface area contributed by atoms with Crippen LogP contribution in [-0.4, -0.2) is 5.91 Å². The molecule has 0 aliphatic carbocycles. The van der Waals surface area contributed by atoms with Crippen molar-refractivity contribution in [3.05, 3.63) is 50.1 Å². The van der Waals surface area contributed by atoms with Gasteiger partial charge in [0.15, 0.2) is 0 Å². The number of nitrogens with one attached hydrogen (secondary N) is 1. The number of benzene rings is 1. The van der Waals surface area contributed by atoms with Crippen molar-refractivity contribution < 1.29 is 4.79 Å². The maximum atomic E-state index is 12.0. The highest BCUT2D eigenvalue weighted by atomic mass is 35.5. The van der Waals surface area contributed by atoms with Crippen molar-refractivity contribution in [2.45, 2.75) is 6.92 Å². The van der Waals surface area contributed by atoms with E-state index in [1.807, 2.05) is 18.4 Å². The predicted molar refractivity (Wildman–Crippen MR) is 73.5 cm³/mol. The molecule has 1 amide bonds. The van der Waals surface area contributed by atoms with Gasteiger partial charge < -0.3 is 5.32 Å². The van der Waals surface area contributed by atoms with Gasteiger partial charge in [-0.3, -0.25) is 4.79 Å². The Morgan fingerprint density at radius 1 is 1.29 bits per heavy atom. The minimum atomic E-state index is -0.165. The molecule has 0 aliphatic rings. The molecule has 0 aliphatic heterocycles. The molecule has 1 aromatic heterocycles. The number of halogens is 2. The molecule has 0 unspecified atom stereocenters.